The monoisotopic (exact) mass is 407 g/mol. The van der Waals surface area contributed by atoms with Crippen LogP contribution in [0, 0.1) is 5.92 Å². The second-order valence-electron chi connectivity index (χ2n) is 7.68. The van der Waals surface area contributed by atoms with Gasteiger partial charge < -0.3 is 9.80 Å². The molecule has 8 nitrogen and oxygen atoms in total. The zero-order valence-corrected chi connectivity index (χ0v) is 17.3. The van der Waals surface area contributed by atoms with Gasteiger partial charge >= 0.3 is 0 Å². The second-order valence-corrected chi connectivity index (χ2v) is 9.47. The highest BCUT2D eigenvalue weighted by Gasteiger charge is 2.43. The average molecular weight is 407 g/mol. The summed E-state index contributed by atoms with van der Waals surface area (Å²) < 4.78 is 26.3. The number of piperazine rings is 1. The lowest BCUT2D eigenvalue weighted by molar-refractivity contribution is -0.135. The fourth-order valence-corrected chi connectivity index (χ4v) is 5.36. The molecule has 1 saturated heterocycles. The van der Waals surface area contributed by atoms with Crippen LogP contribution in [0.5, 0.6) is 0 Å². The largest absolute Gasteiger partial charge is 0.339 e. The van der Waals surface area contributed by atoms with E-state index < -0.39 is 22.0 Å². The molecule has 0 saturated carbocycles. The van der Waals surface area contributed by atoms with Crippen LogP contribution in [-0.2, 0) is 14.8 Å². The van der Waals surface area contributed by atoms with E-state index in [4.69, 9.17) is 0 Å². The Hall–Kier alpha value is -2.42. The smallest absolute Gasteiger partial charge is 0.269 e. The van der Waals surface area contributed by atoms with Crippen LogP contribution in [0.4, 0.5) is 0 Å². The maximum Gasteiger partial charge on any atom is 0.269 e. The molecule has 0 spiro atoms. The molecule has 1 aromatic rings. The molecule has 2 heterocycles. The first-order valence-corrected chi connectivity index (χ1v) is 10.8. The lowest BCUT2D eigenvalue weighted by Gasteiger charge is -2.35. The Morgan fingerprint density at radius 2 is 1.54 bits per heavy atom. The summed E-state index contributed by atoms with van der Waals surface area (Å²) in [5.74, 6) is -0.900. The predicted octanol–water partition coefficient (Wildman–Crippen LogP) is 1.18. The Bertz CT molecular complexity index is 931. The summed E-state index contributed by atoms with van der Waals surface area (Å²) in [6, 6.07) is 3.68. The van der Waals surface area contributed by atoms with Crippen molar-refractivity contribution >= 4 is 27.7 Å². The zero-order valence-electron chi connectivity index (χ0n) is 16.5. The van der Waals surface area contributed by atoms with Gasteiger partial charge in [0, 0.05) is 43.7 Å². The highest BCUT2D eigenvalue weighted by molar-refractivity contribution is 7.90. The minimum Gasteiger partial charge on any atom is -0.339 e. The molecule has 3 rings (SSSR count). The van der Waals surface area contributed by atoms with E-state index in [-0.39, 0.29) is 33.8 Å². The van der Waals surface area contributed by atoms with Crippen LogP contribution in [0.1, 0.15) is 48.4 Å². The molecule has 0 N–H and O–H groups in total. The predicted molar refractivity (Wildman–Crippen MR) is 102 cm³/mol. The molecule has 2 aliphatic rings. The fraction of sp³-hybridized carbons (Fsp3) is 0.526. The second kappa shape index (κ2) is 7.20. The van der Waals surface area contributed by atoms with Crippen LogP contribution in [0.15, 0.2) is 23.1 Å². The van der Waals surface area contributed by atoms with Crippen molar-refractivity contribution < 1.29 is 22.8 Å². The number of hydrogen-bond acceptors (Lipinski definition) is 5. The molecule has 0 atom stereocenters. The van der Waals surface area contributed by atoms with E-state index in [1.165, 1.54) is 18.2 Å². The molecule has 0 bridgehead atoms. The Morgan fingerprint density at radius 3 is 2.07 bits per heavy atom. The fourth-order valence-electron chi connectivity index (χ4n) is 3.57. The van der Waals surface area contributed by atoms with E-state index in [0.717, 1.165) is 4.31 Å². The minimum absolute atomic E-state index is 0.0583. The molecule has 152 valence electrons. The number of sulfonamides is 1. The first-order valence-electron chi connectivity index (χ1n) is 9.36. The Kier molecular flexibility index (Phi) is 5.22. The Morgan fingerprint density at radius 1 is 0.964 bits per heavy atom. The van der Waals surface area contributed by atoms with Gasteiger partial charge in [0.25, 0.3) is 21.8 Å². The molecule has 3 amide bonds. The average Bonchev–Trinajstić information content (AvgIpc) is 2.85. The maximum atomic E-state index is 12.8. The van der Waals surface area contributed by atoms with Gasteiger partial charge in [-0.2, -0.15) is 0 Å². The molecular formula is C19H25N3O5S. The van der Waals surface area contributed by atoms with Crippen molar-refractivity contribution in [2.75, 3.05) is 26.2 Å². The molecule has 0 radical (unpaired) electrons. The Balaban J connectivity index is 1.81. The number of rotatable bonds is 3. The molecule has 9 heteroatoms. The minimum atomic E-state index is -3.95. The highest BCUT2D eigenvalue weighted by Crippen LogP contribution is 2.32. The van der Waals surface area contributed by atoms with E-state index in [0.29, 0.717) is 26.2 Å². The van der Waals surface area contributed by atoms with Crippen molar-refractivity contribution in [1.82, 2.24) is 14.1 Å². The van der Waals surface area contributed by atoms with Gasteiger partial charge in [-0.1, -0.05) is 13.8 Å². The topological polar surface area (TPSA) is 95.1 Å². The lowest BCUT2D eigenvalue weighted by atomic mass is 10.1. The zero-order chi connectivity index (χ0) is 20.8. The Labute approximate surface area is 165 Å². The van der Waals surface area contributed by atoms with Gasteiger partial charge in [-0.15, -0.1) is 0 Å². The molecule has 28 heavy (non-hydrogen) atoms. The van der Waals surface area contributed by atoms with E-state index >= 15 is 0 Å². The van der Waals surface area contributed by atoms with Crippen molar-refractivity contribution in [3.8, 4) is 0 Å². The van der Waals surface area contributed by atoms with E-state index in [1.807, 2.05) is 13.8 Å². The first kappa shape index (κ1) is 20.3. The molecule has 0 unspecified atom stereocenters. The number of carbonyl (C=O) groups is 3. The van der Waals surface area contributed by atoms with Gasteiger partial charge in [0.05, 0.1) is 5.56 Å². The van der Waals surface area contributed by atoms with Crippen LogP contribution in [0.3, 0.4) is 0 Å². The SMILES string of the molecule is CC(C)C(=O)N1CCN(C(=O)c2ccc3c(c2)S(=O)(=O)N(C(C)C)C3=O)CC1. The van der Waals surface area contributed by atoms with Crippen LogP contribution >= 0.6 is 0 Å². The third-order valence-electron chi connectivity index (χ3n) is 5.04. The summed E-state index contributed by atoms with van der Waals surface area (Å²) in [5, 5.41) is 0. The van der Waals surface area contributed by atoms with Gasteiger partial charge in [-0.25, -0.2) is 12.7 Å². The van der Waals surface area contributed by atoms with Crippen molar-refractivity contribution in [2.24, 2.45) is 5.92 Å². The summed E-state index contributed by atoms with van der Waals surface area (Å²) >= 11 is 0. The number of carbonyl (C=O) groups excluding carboxylic acids is 3. The molecule has 2 aliphatic heterocycles. The number of amides is 3. The van der Waals surface area contributed by atoms with Gasteiger partial charge in [0.15, 0.2) is 0 Å². The molecule has 0 aliphatic carbocycles. The van der Waals surface area contributed by atoms with Crippen molar-refractivity contribution in [2.45, 2.75) is 38.6 Å². The van der Waals surface area contributed by atoms with Gasteiger partial charge in [0.2, 0.25) is 5.91 Å². The van der Waals surface area contributed by atoms with Crippen LogP contribution < -0.4 is 0 Å². The van der Waals surface area contributed by atoms with Crippen molar-refractivity contribution in [3.63, 3.8) is 0 Å². The van der Waals surface area contributed by atoms with Crippen molar-refractivity contribution in [3.05, 3.63) is 29.3 Å². The summed E-state index contributed by atoms with van der Waals surface area (Å²) in [7, 11) is -3.95. The molecule has 0 aromatic heterocycles. The number of nitrogens with zero attached hydrogens (tertiary/aromatic N) is 3. The third-order valence-corrected chi connectivity index (χ3v) is 7.04. The van der Waals surface area contributed by atoms with E-state index in [2.05, 4.69) is 0 Å². The molecule has 1 fully saturated rings. The first-order chi connectivity index (χ1) is 13.1. The van der Waals surface area contributed by atoms with Crippen LogP contribution in [-0.4, -0.2) is 72.5 Å². The standard InChI is InChI=1S/C19H25N3O5S/c1-12(2)17(23)20-7-9-21(10-8-20)18(24)14-5-6-15-16(11-14)28(26,27)22(13(3)4)19(15)25/h5-6,11-13H,7-10H2,1-4H3. The van der Waals surface area contributed by atoms with E-state index in [1.54, 1.807) is 23.6 Å². The summed E-state index contributed by atoms with van der Waals surface area (Å²) in [6.07, 6.45) is 0. The third kappa shape index (κ3) is 3.28. The van der Waals surface area contributed by atoms with Gasteiger partial charge in [0.1, 0.15) is 4.90 Å². The summed E-state index contributed by atoms with van der Waals surface area (Å²) in [4.78, 5) is 40.6. The lowest BCUT2D eigenvalue weighted by Crippen LogP contribution is -2.51. The van der Waals surface area contributed by atoms with Crippen LogP contribution in [0.2, 0.25) is 0 Å². The van der Waals surface area contributed by atoms with Gasteiger partial charge in [-0.05, 0) is 32.0 Å². The normalized spacial score (nSPS) is 18.8. The molecule has 1 aromatic carbocycles. The maximum absolute atomic E-state index is 12.8. The summed E-state index contributed by atoms with van der Waals surface area (Å²) in [5.41, 5.74) is 0.321. The number of fused-ring (bicyclic) bond motifs is 1. The van der Waals surface area contributed by atoms with E-state index in [9.17, 15) is 22.8 Å². The number of benzene rings is 1. The summed E-state index contributed by atoms with van der Waals surface area (Å²) in [6.45, 7) is 8.61. The van der Waals surface area contributed by atoms with Crippen molar-refractivity contribution in [1.29, 1.82) is 0 Å². The quantitative estimate of drug-likeness (QED) is 0.750. The van der Waals surface area contributed by atoms with Gasteiger partial charge in [-0.3, -0.25) is 14.4 Å². The highest BCUT2D eigenvalue weighted by atomic mass is 32.2. The van der Waals surface area contributed by atoms with Crippen LogP contribution in [0.25, 0.3) is 0 Å². The molecular weight excluding hydrogens is 382 g/mol. The number of hydrogen-bond donors (Lipinski definition) is 0.